The molecule has 0 nitrogen and oxygen atoms in total. The molecule has 0 N–H and O–H groups in total. The molecule has 0 aromatic heterocycles. The first-order valence-corrected chi connectivity index (χ1v) is 1.57. The van der Waals surface area contributed by atoms with Gasteiger partial charge in [0.05, 0.1) is 0 Å². The molecule has 0 spiro atoms. The summed E-state index contributed by atoms with van der Waals surface area (Å²) >= 11 is 0. The van der Waals surface area contributed by atoms with Gasteiger partial charge in [-0.2, -0.15) is 0 Å². The summed E-state index contributed by atoms with van der Waals surface area (Å²) in [5.41, 5.74) is 0. The summed E-state index contributed by atoms with van der Waals surface area (Å²) in [4.78, 5) is 0. The predicted octanol–water partition coefficient (Wildman–Crippen LogP) is 2.03. The molecular formula is C3H6ClF3. The maximum atomic E-state index is 11.1. The van der Waals surface area contributed by atoms with E-state index in [0.29, 0.717) is 0 Å². The summed E-state index contributed by atoms with van der Waals surface area (Å²) in [5, 5.41) is 0. The van der Waals surface area contributed by atoms with E-state index in [1.807, 2.05) is 0 Å². The van der Waals surface area contributed by atoms with Crippen LogP contribution in [0.15, 0.2) is 0 Å². The van der Waals surface area contributed by atoms with Crippen molar-refractivity contribution in [3.05, 3.63) is 0 Å². The molecular weight excluding hydrogens is 128 g/mol. The summed E-state index contributed by atoms with van der Waals surface area (Å²) in [7, 11) is 0. The van der Waals surface area contributed by atoms with Gasteiger partial charge in [0.1, 0.15) is 0 Å². The second kappa shape index (κ2) is 4.24. The normalized spacial score (nSPS) is 13.3. The van der Waals surface area contributed by atoms with Crippen LogP contribution < -0.4 is 0 Å². The number of rotatable bonds is 1. The Balaban J connectivity index is 0. The molecule has 0 rings (SSSR count). The van der Waals surface area contributed by atoms with Gasteiger partial charge >= 0.3 is 0 Å². The van der Waals surface area contributed by atoms with Gasteiger partial charge in [-0.1, -0.05) is 0 Å². The van der Waals surface area contributed by atoms with Crippen LogP contribution in [0.4, 0.5) is 13.2 Å². The molecule has 0 amide bonds. The van der Waals surface area contributed by atoms with Crippen molar-refractivity contribution < 1.29 is 13.2 Å². The van der Waals surface area contributed by atoms with Crippen LogP contribution in [-0.2, 0) is 0 Å². The molecule has 0 aromatic rings. The first kappa shape index (κ1) is 10.1. The quantitative estimate of drug-likeness (QED) is 0.515. The summed E-state index contributed by atoms with van der Waals surface area (Å²) in [6.07, 6.45) is -4.80. The molecule has 0 radical (unpaired) electrons. The van der Waals surface area contributed by atoms with Gasteiger partial charge in [0.25, 0.3) is 6.43 Å². The zero-order chi connectivity index (χ0) is 5.15. The highest BCUT2D eigenvalue weighted by Crippen LogP contribution is 2.01. The van der Waals surface area contributed by atoms with Crippen molar-refractivity contribution in [3.63, 3.8) is 0 Å². The molecule has 0 heterocycles. The van der Waals surface area contributed by atoms with Gasteiger partial charge < -0.3 is 0 Å². The first-order chi connectivity index (χ1) is 2.64. The summed E-state index contributed by atoms with van der Waals surface area (Å²) in [6, 6.07) is 0. The Morgan fingerprint density at radius 1 is 1.14 bits per heavy atom. The molecule has 0 saturated carbocycles. The third kappa shape index (κ3) is 6.08. The van der Waals surface area contributed by atoms with Crippen LogP contribution in [0.25, 0.3) is 0 Å². The Labute approximate surface area is 46.1 Å². The Hall–Kier alpha value is 0.0800. The lowest BCUT2D eigenvalue weighted by Gasteiger charge is -1.93. The fraction of sp³-hybridized carbons (Fsp3) is 1.00. The molecule has 0 aromatic carbocycles. The van der Waals surface area contributed by atoms with Crippen molar-refractivity contribution in [2.24, 2.45) is 0 Å². The van der Waals surface area contributed by atoms with Crippen LogP contribution in [0.1, 0.15) is 6.92 Å². The van der Waals surface area contributed by atoms with E-state index >= 15 is 0 Å². The predicted molar refractivity (Wildman–Crippen MR) is 23.8 cm³/mol. The van der Waals surface area contributed by atoms with E-state index < -0.39 is 12.6 Å². The molecule has 0 aliphatic rings. The Morgan fingerprint density at radius 2 is 1.29 bits per heavy atom. The average molecular weight is 135 g/mol. The Kier molecular flexibility index (Phi) is 6.15. The third-order valence-electron chi connectivity index (χ3n) is 0.347. The SMILES string of the molecule is CC(F)C(F)F.Cl. The standard InChI is InChI=1S/C3H5F3.ClH/c1-2(4)3(5)6;/h2-3H,1H3;1H. The van der Waals surface area contributed by atoms with Gasteiger partial charge in [0, 0.05) is 0 Å². The fourth-order valence-electron chi connectivity index (χ4n) is 0. The van der Waals surface area contributed by atoms with E-state index in [4.69, 9.17) is 0 Å². The number of alkyl halides is 3. The lowest BCUT2D eigenvalue weighted by molar-refractivity contribution is 0.0603. The minimum atomic E-state index is -2.81. The van der Waals surface area contributed by atoms with E-state index in [0.717, 1.165) is 6.92 Å². The Bertz CT molecular complexity index is 31.2. The zero-order valence-electron chi connectivity index (χ0n) is 3.70. The van der Waals surface area contributed by atoms with Crippen LogP contribution in [0.3, 0.4) is 0 Å². The largest absolute Gasteiger partial charge is 0.269 e. The molecule has 0 aliphatic heterocycles. The molecule has 0 bridgehead atoms. The monoisotopic (exact) mass is 134 g/mol. The van der Waals surface area contributed by atoms with Gasteiger partial charge in [-0.05, 0) is 6.92 Å². The molecule has 4 heteroatoms. The van der Waals surface area contributed by atoms with E-state index in [-0.39, 0.29) is 12.4 Å². The maximum absolute atomic E-state index is 11.1. The van der Waals surface area contributed by atoms with E-state index in [1.165, 1.54) is 0 Å². The van der Waals surface area contributed by atoms with Crippen LogP contribution in [0.5, 0.6) is 0 Å². The van der Waals surface area contributed by atoms with Gasteiger partial charge in [-0.25, -0.2) is 13.2 Å². The molecule has 1 atom stereocenters. The summed E-state index contributed by atoms with van der Waals surface area (Å²) in [5.74, 6) is 0. The lowest BCUT2D eigenvalue weighted by atomic mass is 10.5. The molecule has 46 valence electrons. The van der Waals surface area contributed by atoms with Crippen LogP contribution in [0, 0.1) is 0 Å². The van der Waals surface area contributed by atoms with E-state index in [1.54, 1.807) is 0 Å². The van der Waals surface area contributed by atoms with Gasteiger partial charge in [0.15, 0.2) is 6.17 Å². The van der Waals surface area contributed by atoms with Crippen LogP contribution in [-0.4, -0.2) is 12.6 Å². The maximum Gasteiger partial charge on any atom is 0.269 e. The van der Waals surface area contributed by atoms with Crippen molar-refractivity contribution in [1.82, 2.24) is 0 Å². The first-order valence-electron chi connectivity index (χ1n) is 1.57. The average Bonchev–Trinajstić information content (AvgIpc) is 1.36. The topological polar surface area (TPSA) is 0 Å². The minimum Gasteiger partial charge on any atom is -0.242 e. The molecule has 1 unspecified atom stereocenters. The second-order valence-corrected chi connectivity index (χ2v) is 1.01. The fourth-order valence-corrected chi connectivity index (χ4v) is 0. The molecule has 0 saturated heterocycles. The highest BCUT2D eigenvalue weighted by Gasteiger charge is 2.10. The molecule has 7 heavy (non-hydrogen) atoms. The Morgan fingerprint density at radius 3 is 1.29 bits per heavy atom. The van der Waals surface area contributed by atoms with Crippen LogP contribution >= 0.6 is 12.4 Å². The van der Waals surface area contributed by atoms with E-state index in [2.05, 4.69) is 0 Å². The second-order valence-electron chi connectivity index (χ2n) is 1.01. The van der Waals surface area contributed by atoms with Gasteiger partial charge in [-0.15, -0.1) is 12.4 Å². The van der Waals surface area contributed by atoms with Crippen molar-refractivity contribution in [2.45, 2.75) is 19.5 Å². The minimum absolute atomic E-state index is 0. The smallest absolute Gasteiger partial charge is 0.242 e. The third-order valence-corrected chi connectivity index (χ3v) is 0.347. The number of halogens is 4. The van der Waals surface area contributed by atoms with Gasteiger partial charge in [-0.3, -0.25) is 0 Å². The van der Waals surface area contributed by atoms with Crippen molar-refractivity contribution in [2.75, 3.05) is 0 Å². The highest BCUT2D eigenvalue weighted by molar-refractivity contribution is 5.85. The van der Waals surface area contributed by atoms with Gasteiger partial charge in [0.2, 0.25) is 0 Å². The van der Waals surface area contributed by atoms with Crippen LogP contribution in [0.2, 0.25) is 0 Å². The highest BCUT2D eigenvalue weighted by atomic mass is 35.5. The van der Waals surface area contributed by atoms with Crippen molar-refractivity contribution in [3.8, 4) is 0 Å². The number of hydrogen-bond acceptors (Lipinski definition) is 0. The molecule has 0 fully saturated rings. The zero-order valence-corrected chi connectivity index (χ0v) is 4.51. The van der Waals surface area contributed by atoms with Crippen molar-refractivity contribution in [1.29, 1.82) is 0 Å². The number of hydrogen-bond donors (Lipinski definition) is 0. The van der Waals surface area contributed by atoms with E-state index in [9.17, 15) is 13.2 Å². The molecule has 0 aliphatic carbocycles. The lowest BCUT2D eigenvalue weighted by Crippen LogP contribution is -2.04. The summed E-state index contributed by atoms with van der Waals surface area (Å²) < 4.78 is 32.6. The summed E-state index contributed by atoms with van der Waals surface area (Å²) in [6.45, 7) is 0.824. The van der Waals surface area contributed by atoms with Crippen molar-refractivity contribution >= 4 is 12.4 Å².